The van der Waals surface area contributed by atoms with Crippen molar-refractivity contribution in [3.63, 3.8) is 0 Å². The van der Waals surface area contributed by atoms with Gasteiger partial charge in [0.1, 0.15) is 18.0 Å². The highest BCUT2D eigenvalue weighted by Gasteiger charge is 2.42. The van der Waals surface area contributed by atoms with Crippen LogP contribution in [0.15, 0.2) is 42.7 Å². The molecule has 3 heterocycles. The predicted octanol–water partition coefficient (Wildman–Crippen LogP) is 3.15. The number of piperidine rings is 2. The third kappa shape index (κ3) is 3.54. The fraction of sp³-hybridized carbons (Fsp3) is 0.524. The monoisotopic (exact) mass is 351 g/mol. The van der Waals surface area contributed by atoms with Crippen molar-refractivity contribution in [3.8, 4) is 0 Å². The van der Waals surface area contributed by atoms with Crippen LogP contribution in [-0.4, -0.2) is 47.6 Å². The van der Waals surface area contributed by atoms with E-state index in [-0.39, 0.29) is 0 Å². The molecule has 2 aliphatic heterocycles. The third-order valence-electron chi connectivity index (χ3n) is 6.26. The van der Waals surface area contributed by atoms with E-state index in [4.69, 9.17) is 5.73 Å². The van der Waals surface area contributed by atoms with E-state index < -0.39 is 0 Å². The lowest BCUT2D eigenvalue weighted by Gasteiger charge is -2.50. The van der Waals surface area contributed by atoms with Crippen molar-refractivity contribution in [1.29, 1.82) is 0 Å². The van der Waals surface area contributed by atoms with Gasteiger partial charge in [0.2, 0.25) is 0 Å². The number of benzene rings is 1. The SMILES string of the molecule is CCN1C[C@@H](c2ccccc2)CC2(CCN(c3cc(N)ncn3)CC2)C1. The second-order valence-electron chi connectivity index (χ2n) is 7.93. The maximum atomic E-state index is 5.84. The van der Waals surface area contributed by atoms with Gasteiger partial charge in [-0.05, 0) is 42.7 Å². The molecule has 1 spiro atoms. The van der Waals surface area contributed by atoms with Crippen LogP contribution in [-0.2, 0) is 0 Å². The highest BCUT2D eigenvalue weighted by atomic mass is 15.2. The van der Waals surface area contributed by atoms with Crippen LogP contribution in [0.4, 0.5) is 11.6 Å². The van der Waals surface area contributed by atoms with Gasteiger partial charge in [0, 0.05) is 32.2 Å². The maximum absolute atomic E-state index is 5.84. The number of nitrogen functional groups attached to an aromatic ring is 1. The minimum atomic E-state index is 0.420. The van der Waals surface area contributed by atoms with Crippen molar-refractivity contribution >= 4 is 11.6 Å². The van der Waals surface area contributed by atoms with Gasteiger partial charge in [0.25, 0.3) is 0 Å². The lowest BCUT2D eigenvalue weighted by atomic mass is 9.68. The molecule has 2 aromatic rings. The summed E-state index contributed by atoms with van der Waals surface area (Å²) < 4.78 is 0. The van der Waals surface area contributed by atoms with Gasteiger partial charge in [-0.1, -0.05) is 37.3 Å². The summed E-state index contributed by atoms with van der Waals surface area (Å²) >= 11 is 0. The average Bonchev–Trinajstić information content (AvgIpc) is 2.69. The number of nitrogens with two attached hydrogens (primary N) is 1. The number of aromatic nitrogens is 2. The summed E-state index contributed by atoms with van der Waals surface area (Å²) in [6.07, 6.45) is 5.31. The highest BCUT2D eigenvalue weighted by molar-refractivity contribution is 5.46. The zero-order chi connectivity index (χ0) is 18.0. The first-order valence-corrected chi connectivity index (χ1v) is 9.77. The molecule has 1 aromatic heterocycles. The molecule has 0 aliphatic carbocycles. The Balaban J connectivity index is 1.49. The largest absolute Gasteiger partial charge is 0.384 e. The van der Waals surface area contributed by atoms with Gasteiger partial charge < -0.3 is 15.5 Å². The minimum Gasteiger partial charge on any atom is -0.384 e. The molecule has 2 fully saturated rings. The quantitative estimate of drug-likeness (QED) is 0.920. The van der Waals surface area contributed by atoms with Crippen molar-refractivity contribution in [2.24, 2.45) is 5.41 Å². The zero-order valence-electron chi connectivity index (χ0n) is 15.6. The van der Waals surface area contributed by atoms with Gasteiger partial charge in [-0.15, -0.1) is 0 Å². The number of likely N-dealkylation sites (tertiary alicyclic amines) is 1. The molecule has 138 valence electrons. The molecule has 2 aliphatic rings. The van der Waals surface area contributed by atoms with E-state index in [0.717, 1.165) is 25.5 Å². The number of hydrogen-bond donors (Lipinski definition) is 1. The Morgan fingerprint density at radius 3 is 2.62 bits per heavy atom. The van der Waals surface area contributed by atoms with E-state index in [1.54, 1.807) is 6.33 Å². The molecular formula is C21H29N5. The molecule has 1 atom stereocenters. The van der Waals surface area contributed by atoms with Crippen LogP contribution in [0.3, 0.4) is 0 Å². The summed E-state index contributed by atoms with van der Waals surface area (Å²) in [4.78, 5) is 13.4. The van der Waals surface area contributed by atoms with Crippen molar-refractivity contribution in [3.05, 3.63) is 48.3 Å². The number of rotatable bonds is 3. The average molecular weight is 351 g/mol. The van der Waals surface area contributed by atoms with Gasteiger partial charge in [-0.25, -0.2) is 9.97 Å². The molecular weight excluding hydrogens is 322 g/mol. The molecule has 0 amide bonds. The van der Waals surface area contributed by atoms with Gasteiger partial charge in [0.05, 0.1) is 0 Å². The number of likely N-dealkylation sites (N-methyl/N-ethyl adjacent to an activating group) is 1. The maximum Gasteiger partial charge on any atom is 0.134 e. The molecule has 0 radical (unpaired) electrons. The summed E-state index contributed by atoms with van der Waals surface area (Å²) in [6.45, 7) is 7.95. The van der Waals surface area contributed by atoms with Crippen LogP contribution in [0.2, 0.25) is 0 Å². The molecule has 2 saturated heterocycles. The topological polar surface area (TPSA) is 58.3 Å². The number of nitrogens with zero attached hydrogens (tertiary/aromatic N) is 4. The van der Waals surface area contributed by atoms with E-state index in [0.29, 0.717) is 17.2 Å². The lowest BCUT2D eigenvalue weighted by molar-refractivity contribution is 0.0543. The fourth-order valence-electron chi connectivity index (χ4n) is 4.80. The number of anilines is 2. The molecule has 5 heteroatoms. The minimum absolute atomic E-state index is 0.420. The van der Waals surface area contributed by atoms with Crippen molar-refractivity contribution < 1.29 is 0 Å². The lowest BCUT2D eigenvalue weighted by Crippen LogP contribution is -2.51. The molecule has 2 N–H and O–H groups in total. The van der Waals surface area contributed by atoms with Crippen LogP contribution in [0, 0.1) is 5.41 Å². The molecule has 4 rings (SSSR count). The molecule has 1 aromatic carbocycles. The van der Waals surface area contributed by atoms with E-state index in [1.165, 1.54) is 37.9 Å². The first-order chi connectivity index (χ1) is 12.7. The van der Waals surface area contributed by atoms with E-state index in [2.05, 4.69) is 57.0 Å². The van der Waals surface area contributed by atoms with Crippen LogP contribution in [0.5, 0.6) is 0 Å². The Labute approximate surface area is 156 Å². The van der Waals surface area contributed by atoms with Gasteiger partial charge >= 0.3 is 0 Å². The Morgan fingerprint density at radius 1 is 1.15 bits per heavy atom. The van der Waals surface area contributed by atoms with E-state index in [1.807, 2.05) is 6.07 Å². The summed E-state index contributed by atoms with van der Waals surface area (Å²) in [5.74, 6) is 2.16. The second-order valence-corrected chi connectivity index (χ2v) is 7.93. The Hall–Kier alpha value is -2.14. The molecule has 26 heavy (non-hydrogen) atoms. The predicted molar refractivity (Wildman–Crippen MR) is 106 cm³/mol. The molecule has 5 nitrogen and oxygen atoms in total. The molecule has 0 bridgehead atoms. The van der Waals surface area contributed by atoms with E-state index >= 15 is 0 Å². The third-order valence-corrected chi connectivity index (χ3v) is 6.26. The van der Waals surface area contributed by atoms with Gasteiger partial charge in [0.15, 0.2) is 0 Å². The summed E-state index contributed by atoms with van der Waals surface area (Å²) in [5, 5.41) is 0. The normalized spacial score (nSPS) is 23.3. The van der Waals surface area contributed by atoms with Crippen molar-refractivity contribution in [2.45, 2.75) is 32.1 Å². The van der Waals surface area contributed by atoms with E-state index in [9.17, 15) is 0 Å². The standard InChI is InChI=1S/C21H29N5/c1-2-25-14-18(17-6-4-3-5-7-17)13-21(15-25)8-10-26(11-9-21)20-12-19(22)23-16-24-20/h3-7,12,16,18H,2,8-11,13-15H2,1H3,(H2,22,23,24)/t18-/m0/s1. The Morgan fingerprint density at radius 2 is 1.92 bits per heavy atom. The summed E-state index contributed by atoms with van der Waals surface area (Å²) in [5.41, 5.74) is 7.75. The van der Waals surface area contributed by atoms with Crippen LogP contribution in [0.25, 0.3) is 0 Å². The summed E-state index contributed by atoms with van der Waals surface area (Å²) in [7, 11) is 0. The second kappa shape index (κ2) is 7.23. The van der Waals surface area contributed by atoms with Crippen LogP contribution < -0.4 is 10.6 Å². The van der Waals surface area contributed by atoms with Crippen molar-refractivity contribution in [2.75, 3.05) is 43.4 Å². The zero-order valence-corrected chi connectivity index (χ0v) is 15.6. The van der Waals surface area contributed by atoms with Gasteiger partial charge in [-0.3, -0.25) is 0 Å². The Bertz CT molecular complexity index is 724. The Kier molecular flexibility index (Phi) is 4.81. The van der Waals surface area contributed by atoms with Crippen LogP contribution >= 0.6 is 0 Å². The van der Waals surface area contributed by atoms with Crippen molar-refractivity contribution in [1.82, 2.24) is 14.9 Å². The molecule has 0 unspecified atom stereocenters. The smallest absolute Gasteiger partial charge is 0.134 e. The summed E-state index contributed by atoms with van der Waals surface area (Å²) in [6, 6.07) is 13.0. The van der Waals surface area contributed by atoms with Gasteiger partial charge in [-0.2, -0.15) is 0 Å². The fourth-order valence-corrected chi connectivity index (χ4v) is 4.80. The first-order valence-electron chi connectivity index (χ1n) is 9.77. The van der Waals surface area contributed by atoms with Crippen LogP contribution in [0.1, 0.15) is 37.7 Å². The highest BCUT2D eigenvalue weighted by Crippen LogP contribution is 2.45. The first kappa shape index (κ1) is 17.3. The molecule has 0 saturated carbocycles. The number of hydrogen-bond acceptors (Lipinski definition) is 5.